The van der Waals surface area contributed by atoms with Gasteiger partial charge in [-0.2, -0.15) is 5.26 Å². The van der Waals surface area contributed by atoms with Gasteiger partial charge in [0.15, 0.2) is 0 Å². The molecule has 2 aromatic rings. The minimum absolute atomic E-state index is 0.0132. The summed E-state index contributed by atoms with van der Waals surface area (Å²) in [5.74, 6) is -0.796. The summed E-state index contributed by atoms with van der Waals surface area (Å²) < 4.78 is 11.9. The average Bonchev–Trinajstić information content (AvgIpc) is 2.67. The van der Waals surface area contributed by atoms with E-state index in [1.54, 1.807) is 6.92 Å². The molecule has 0 saturated heterocycles. The Hall–Kier alpha value is -2.79. The second-order valence-corrected chi connectivity index (χ2v) is 7.14. The van der Waals surface area contributed by atoms with Gasteiger partial charge in [0.2, 0.25) is 5.88 Å². The van der Waals surface area contributed by atoms with Crippen LogP contribution in [0.25, 0.3) is 0 Å². The number of carbonyl (C=O) groups is 1. The molecule has 2 aromatic carbocycles. The van der Waals surface area contributed by atoms with Crippen LogP contribution < -0.4 is 5.73 Å². The van der Waals surface area contributed by atoms with E-state index in [1.165, 1.54) is 0 Å². The van der Waals surface area contributed by atoms with Gasteiger partial charge in [-0.05, 0) is 46.7 Å². The molecule has 136 valence electrons. The van der Waals surface area contributed by atoms with E-state index < -0.39 is 11.9 Å². The summed E-state index contributed by atoms with van der Waals surface area (Å²) in [6.45, 7) is 1.79. The third-order valence-corrected chi connectivity index (χ3v) is 5.24. The Labute approximate surface area is 171 Å². The van der Waals surface area contributed by atoms with Crippen molar-refractivity contribution in [3.63, 3.8) is 0 Å². The first-order chi connectivity index (χ1) is 13.0. The van der Waals surface area contributed by atoms with E-state index in [0.29, 0.717) is 11.3 Å². The Balaban J connectivity index is 1.98. The number of hydrogen-bond acceptors (Lipinski definition) is 5. The van der Waals surface area contributed by atoms with Crippen LogP contribution in [0, 0.1) is 14.9 Å². The van der Waals surface area contributed by atoms with Crippen molar-refractivity contribution in [2.75, 3.05) is 0 Å². The van der Waals surface area contributed by atoms with Gasteiger partial charge in [0.05, 0.1) is 11.5 Å². The Bertz CT molecular complexity index is 974. The van der Waals surface area contributed by atoms with Gasteiger partial charge >= 0.3 is 5.97 Å². The number of allylic oxidation sites excluding steroid dienone is 2. The van der Waals surface area contributed by atoms with Crippen LogP contribution in [0.4, 0.5) is 0 Å². The number of benzene rings is 2. The molecule has 0 spiro atoms. The molecule has 0 aromatic heterocycles. The van der Waals surface area contributed by atoms with Gasteiger partial charge in [-0.3, -0.25) is 0 Å². The molecule has 0 aliphatic carbocycles. The second kappa shape index (κ2) is 8.27. The molecule has 0 fully saturated rings. The lowest BCUT2D eigenvalue weighted by atomic mass is 9.83. The number of carbonyl (C=O) groups excluding carboxylic acids is 1. The van der Waals surface area contributed by atoms with Gasteiger partial charge in [-0.15, -0.1) is 0 Å². The standard InChI is InChI=1S/C21H17IN2O3/c1-13-18(21(25)26-12-14-7-3-2-4-8-14)19(16(11-23)20(24)27-13)15-9-5-6-10-17(15)22/h2-10,19H,12,24H2,1H3/t19-/m1/s1. The Morgan fingerprint density at radius 1 is 1.22 bits per heavy atom. The Kier molecular flexibility index (Phi) is 5.81. The topological polar surface area (TPSA) is 85.3 Å². The first kappa shape index (κ1) is 19.0. The van der Waals surface area contributed by atoms with Crippen molar-refractivity contribution in [2.45, 2.75) is 19.4 Å². The zero-order valence-corrected chi connectivity index (χ0v) is 16.8. The van der Waals surface area contributed by atoms with E-state index >= 15 is 0 Å². The molecule has 3 rings (SSSR count). The maximum absolute atomic E-state index is 12.9. The maximum atomic E-state index is 12.9. The molecule has 27 heavy (non-hydrogen) atoms. The molecule has 5 nitrogen and oxygen atoms in total. The smallest absolute Gasteiger partial charge is 0.338 e. The number of nitrogens with two attached hydrogens (primary N) is 1. The molecule has 0 bridgehead atoms. The van der Waals surface area contributed by atoms with Gasteiger partial charge < -0.3 is 15.2 Å². The molecule has 0 radical (unpaired) electrons. The molecular formula is C21H17IN2O3. The molecule has 1 aliphatic heterocycles. The Morgan fingerprint density at radius 2 is 1.89 bits per heavy atom. The molecule has 0 saturated carbocycles. The molecule has 2 N–H and O–H groups in total. The summed E-state index contributed by atoms with van der Waals surface area (Å²) in [5, 5.41) is 9.63. The van der Waals surface area contributed by atoms with Crippen molar-refractivity contribution in [1.82, 2.24) is 0 Å². The van der Waals surface area contributed by atoms with Crippen LogP contribution in [0.3, 0.4) is 0 Å². The summed E-state index contributed by atoms with van der Waals surface area (Å²) in [6, 6.07) is 19.0. The summed E-state index contributed by atoms with van der Waals surface area (Å²) in [5.41, 5.74) is 8.12. The molecule has 0 amide bonds. The number of nitrogens with zero attached hydrogens (tertiary/aromatic N) is 1. The SMILES string of the molecule is CC1=C(C(=O)OCc2ccccc2)[C@H](c2ccccc2I)C(C#N)=C(N)O1. The highest BCUT2D eigenvalue weighted by molar-refractivity contribution is 14.1. The number of hydrogen-bond donors (Lipinski definition) is 1. The van der Waals surface area contributed by atoms with E-state index in [9.17, 15) is 10.1 Å². The van der Waals surface area contributed by atoms with Gasteiger partial charge in [-0.25, -0.2) is 4.79 Å². The molecule has 6 heteroatoms. The highest BCUT2D eigenvalue weighted by Crippen LogP contribution is 2.41. The van der Waals surface area contributed by atoms with E-state index in [-0.39, 0.29) is 18.1 Å². The first-order valence-electron chi connectivity index (χ1n) is 8.26. The minimum atomic E-state index is -0.625. The zero-order chi connectivity index (χ0) is 19.4. The van der Waals surface area contributed by atoms with Crippen LogP contribution in [0.15, 0.2) is 77.4 Å². The fourth-order valence-corrected chi connectivity index (χ4v) is 3.67. The van der Waals surface area contributed by atoms with Crippen LogP contribution >= 0.6 is 22.6 Å². The fourth-order valence-electron chi connectivity index (χ4n) is 2.97. The van der Waals surface area contributed by atoms with Crippen LogP contribution in [0.5, 0.6) is 0 Å². The molecule has 1 heterocycles. The summed E-state index contributed by atoms with van der Waals surface area (Å²) >= 11 is 2.18. The molecular weight excluding hydrogens is 455 g/mol. The number of halogens is 1. The van der Waals surface area contributed by atoms with Crippen molar-refractivity contribution in [3.05, 3.63) is 92.1 Å². The first-order valence-corrected chi connectivity index (χ1v) is 9.34. The zero-order valence-electron chi connectivity index (χ0n) is 14.6. The summed E-state index contributed by atoms with van der Waals surface area (Å²) in [6.07, 6.45) is 0. The third kappa shape index (κ3) is 3.98. The average molecular weight is 472 g/mol. The van der Waals surface area contributed by atoms with Crippen LogP contribution in [-0.2, 0) is 20.9 Å². The quantitative estimate of drug-likeness (QED) is 0.535. The number of nitriles is 1. The van der Waals surface area contributed by atoms with Gasteiger partial charge in [-0.1, -0.05) is 48.5 Å². The van der Waals surface area contributed by atoms with E-state index in [2.05, 4.69) is 28.7 Å². The Morgan fingerprint density at radius 3 is 2.56 bits per heavy atom. The van der Waals surface area contributed by atoms with Crippen LogP contribution in [0.1, 0.15) is 24.0 Å². The van der Waals surface area contributed by atoms with E-state index in [4.69, 9.17) is 15.2 Å². The van der Waals surface area contributed by atoms with Gasteiger partial charge in [0.25, 0.3) is 0 Å². The number of rotatable bonds is 4. The minimum Gasteiger partial charge on any atom is -0.457 e. The third-order valence-electron chi connectivity index (χ3n) is 4.25. The monoisotopic (exact) mass is 472 g/mol. The molecule has 1 atom stereocenters. The van der Waals surface area contributed by atoms with Crippen molar-refractivity contribution in [1.29, 1.82) is 5.26 Å². The lowest BCUT2D eigenvalue weighted by Crippen LogP contribution is -2.26. The van der Waals surface area contributed by atoms with Crippen LogP contribution in [0.2, 0.25) is 0 Å². The number of esters is 1. The van der Waals surface area contributed by atoms with Crippen molar-refractivity contribution in [3.8, 4) is 6.07 Å². The predicted molar refractivity (Wildman–Crippen MR) is 109 cm³/mol. The highest BCUT2D eigenvalue weighted by Gasteiger charge is 2.37. The molecule has 0 unspecified atom stereocenters. The summed E-state index contributed by atoms with van der Waals surface area (Å²) in [4.78, 5) is 12.9. The van der Waals surface area contributed by atoms with Crippen molar-refractivity contribution >= 4 is 28.6 Å². The summed E-state index contributed by atoms with van der Waals surface area (Å²) in [7, 11) is 0. The van der Waals surface area contributed by atoms with Crippen LogP contribution in [-0.4, -0.2) is 5.97 Å². The lowest BCUT2D eigenvalue weighted by Gasteiger charge is -2.27. The van der Waals surface area contributed by atoms with Crippen molar-refractivity contribution in [2.24, 2.45) is 5.73 Å². The molecule has 1 aliphatic rings. The lowest BCUT2D eigenvalue weighted by molar-refractivity contribution is -0.140. The normalized spacial score (nSPS) is 16.6. The van der Waals surface area contributed by atoms with Gasteiger partial charge in [0, 0.05) is 3.57 Å². The maximum Gasteiger partial charge on any atom is 0.338 e. The highest BCUT2D eigenvalue weighted by atomic mass is 127. The largest absolute Gasteiger partial charge is 0.457 e. The fraction of sp³-hybridized carbons (Fsp3) is 0.143. The number of ether oxygens (including phenoxy) is 2. The van der Waals surface area contributed by atoms with Gasteiger partial charge in [0.1, 0.15) is 24.0 Å². The second-order valence-electron chi connectivity index (χ2n) is 5.98. The predicted octanol–water partition coefficient (Wildman–Crippen LogP) is 4.12. The van der Waals surface area contributed by atoms with E-state index in [1.807, 2.05) is 54.6 Å². The van der Waals surface area contributed by atoms with Crippen molar-refractivity contribution < 1.29 is 14.3 Å². The van der Waals surface area contributed by atoms with E-state index in [0.717, 1.165) is 14.7 Å².